The first-order valence-electron chi connectivity index (χ1n) is 6.37. The van der Waals surface area contributed by atoms with E-state index >= 15 is 0 Å². The lowest BCUT2D eigenvalue weighted by molar-refractivity contribution is 0.293. The van der Waals surface area contributed by atoms with Gasteiger partial charge in [-0.1, -0.05) is 20.8 Å². The van der Waals surface area contributed by atoms with Gasteiger partial charge in [-0.2, -0.15) is 0 Å². The van der Waals surface area contributed by atoms with Crippen LogP contribution in [0.3, 0.4) is 0 Å². The second-order valence-corrected chi connectivity index (χ2v) is 7.52. The highest BCUT2D eigenvalue weighted by molar-refractivity contribution is 7.91. The van der Waals surface area contributed by atoms with Crippen LogP contribution in [-0.2, 0) is 9.84 Å². The molecule has 0 aromatic rings. The van der Waals surface area contributed by atoms with E-state index in [0.717, 1.165) is 6.54 Å². The molecule has 0 saturated carbocycles. The van der Waals surface area contributed by atoms with Gasteiger partial charge in [0.2, 0.25) is 0 Å². The van der Waals surface area contributed by atoms with Crippen LogP contribution in [0.15, 0.2) is 0 Å². The average Bonchev–Trinajstić information content (AvgIpc) is 2.14. The van der Waals surface area contributed by atoms with Crippen LogP contribution in [0.2, 0.25) is 0 Å². The van der Waals surface area contributed by atoms with Gasteiger partial charge in [0.05, 0.1) is 5.75 Å². The molecule has 0 bridgehead atoms. The third kappa shape index (κ3) is 8.57. The minimum atomic E-state index is -2.86. The molecule has 17 heavy (non-hydrogen) atoms. The highest BCUT2D eigenvalue weighted by Gasteiger charge is 2.15. The first kappa shape index (κ1) is 16.9. The minimum Gasteiger partial charge on any atom is -0.311 e. The van der Waals surface area contributed by atoms with Crippen molar-refractivity contribution in [2.75, 3.05) is 38.7 Å². The number of likely N-dealkylation sites (N-methyl/N-ethyl adjacent to an activating group) is 1. The van der Waals surface area contributed by atoms with Crippen LogP contribution >= 0.6 is 0 Å². The molecule has 1 unspecified atom stereocenters. The lowest BCUT2D eigenvalue weighted by Gasteiger charge is -2.25. The molecule has 0 saturated heterocycles. The second kappa shape index (κ2) is 8.06. The molecule has 0 heterocycles. The van der Waals surface area contributed by atoms with Crippen molar-refractivity contribution < 1.29 is 8.42 Å². The fourth-order valence-corrected chi connectivity index (χ4v) is 2.97. The Bertz CT molecular complexity index is 287. The number of nitrogens with one attached hydrogen (secondary N) is 1. The molecule has 0 spiro atoms. The van der Waals surface area contributed by atoms with Gasteiger partial charge in [-0.15, -0.1) is 0 Å². The zero-order valence-corrected chi connectivity index (χ0v) is 12.7. The molecule has 0 rings (SSSR count). The molecule has 0 aliphatic heterocycles. The summed E-state index contributed by atoms with van der Waals surface area (Å²) < 4.78 is 23.1. The van der Waals surface area contributed by atoms with Crippen molar-refractivity contribution in [2.24, 2.45) is 5.92 Å². The van der Waals surface area contributed by atoms with Crippen molar-refractivity contribution in [1.82, 2.24) is 10.2 Å². The molecular weight excluding hydrogens is 236 g/mol. The fraction of sp³-hybridized carbons (Fsp3) is 1.00. The van der Waals surface area contributed by atoms with Gasteiger partial charge in [0, 0.05) is 24.9 Å². The maximum Gasteiger partial charge on any atom is 0.151 e. The summed E-state index contributed by atoms with van der Waals surface area (Å²) in [6, 6.07) is 0.349. The van der Waals surface area contributed by atoms with Gasteiger partial charge in [-0.3, -0.25) is 0 Å². The van der Waals surface area contributed by atoms with E-state index in [4.69, 9.17) is 0 Å². The zero-order chi connectivity index (χ0) is 13.5. The van der Waals surface area contributed by atoms with Crippen LogP contribution in [0, 0.1) is 5.92 Å². The van der Waals surface area contributed by atoms with Crippen LogP contribution in [0.4, 0.5) is 0 Å². The molecule has 5 heteroatoms. The van der Waals surface area contributed by atoms with Gasteiger partial charge in [-0.25, -0.2) is 8.42 Å². The fourth-order valence-electron chi connectivity index (χ4n) is 1.72. The molecule has 0 amide bonds. The topological polar surface area (TPSA) is 49.4 Å². The predicted molar refractivity (Wildman–Crippen MR) is 74.1 cm³/mol. The maximum atomic E-state index is 11.6. The molecule has 0 radical (unpaired) electrons. The number of hydrogen-bond acceptors (Lipinski definition) is 4. The zero-order valence-electron chi connectivity index (χ0n) is 11.9. The largest absolute Gasteiger partial charge is 0.311 e. The maximum absolute atomic E-state index is 11.6. The minimum absolute atomic E-state index is 0.248. The van der Waals surface area contributed by atoms with Crippen molar-refractivity contribution in [3.05, 3.63) is 0 Å². The van der Waals surface area contributed by atoms with Gasteiger partial charge < -0.3 is 10.2 Å². The summed E-state index contributed by atoms with van der Waals surface area (Å²) in [4.78, 5) is 2.12. The lowest BCUT2D eigenvalue weighted by Crippen LogP contribution is -2.43. The summed E-state index contributed by atoms with van der Waals surface area (Å²) in [6.45, 7) is 7.70. The molecule has 0 aliphatic rings. The summed E-state index contributed by atoms with van der Waals surface area (Å²) in [5, 5.41) is 3.34. The van der Waals surface area contributed by atoms with Crippen molar-refractivity contribution in [3.63, 3.8) is 0 Å². The van der Waals surface area contributed by atoms with Crippen molar-refractivity contribution in [2.45, 2.75) is 33.2 Å². The second-order valence-electron chi connectivity index (χ2n) is 5.22. The van der Waals surface area contributed by atoms with Gasteiger partial charge in [-0.05, 0) is 26.4 Å². The Kier molecular flexibility index (Phi) is 8.00. The normalized spacial score (nSPS) is 14.5. The molecule has 0 aromatic carbocycles. The third-order valence-electron chi connectivity index (χ3n) is 2.70. The molecule has 1 atom stereocenters. The average molecular weight is 264 g/mol. The number of rotatable bonds is 9. The summed E-state index contributed by atoms with van der Waals surface area (Å²) in [5.41, 5.74) is 0. The molecule has 104 valence electrons. The van der Waals surface area contributed by atoms with Crippen LogP contribution in [0.5, 0.6) is 0 Å². The Balaban J connectivity index is 4.06. The monoisotopic (exact) mass is 264 g/mol. The number of sulfone groups is 1. The molecule has 0 aliphatic carbocycles. The van der Waals surface area contributed by atoms with E-state index < -0.39 is 9.84 Å². The molecule has 4 nitrogen and oxygen atoms in total. The molecular formula is C12H28N2O2S. The van der Waals surface area contributed by atoms with E-state index in [2.05, 4.69) is 24.1 Å². The van der Waals surface area contributed by atoms with E-state index in [1.54, 1.807) is 0 Å². The molecule has 0 fully saturated rings. The molecule has 1 N–H and O–H groups in total. The van der Waals surface area contributed by atoms with E-state index in [1.807, 2.05) is 21.0 Å². The van der Waals surface area contributed by atoms with Gasteiger partial charge in [0.1, 0.15) is 0 Å². The van der Waals surface area contributed by atoms with Crippen LogP contribution in [0.1, 0.15) is 27.2 Å². The Morgan fingerprint density at radius 2 is 1.76 bits per heavy atom. The SMILES string of the molecule is CCCS(=O)(=O)CCNC(CN(C)C)C(C)C. The lowest BCUT2D eigenvalue weighted by atomic mass is 10.0. The Morgan fingerprint density at radius 3 is 2.18 bits per heavy atom. The highest BCUT2D eigenvalue weighted by atomic mass is 32.2. The molecule has 0 aromatic heterocycles. The van der Waals surface area contributed by atoms with Crippen molar-refractivity contribution >= 4 is 9.84 Å². The third-order valence-corrected chi connectivity index (χ3v) is 4.56. The van der Waals surface area contributed by atoms with Crippen LogP contribution < -0.4 is 5.32 Å². The van der Waals surface area contributed by atoms with Crippen LogP contribution in [-0.4, -0.2) is 58.1 Å². The quantitative estimate of drug-likeness (QED) is 0.675. The summed E-state index contributed by atoms with van der Waals surface area (Å²) in [6.07, 6.45) is 0.702. The van der Waals surface area contributed by atoms with Gasteiger partial charge in [0.25, 0.3) is 0 Å². The first-order valence-corrected chi connectivity index (χ1v) is 8.19. The highest BCUT2D eigenvalue weighted by Crippen LogP contribution is 2.02. The number of hydrogen-bond donors (Lipinski definition) is 1. The van der Waals surface area contributed by atoms with Crippen LogP contribution in [0.25, 0.3) is 0 Å². The smallest absolute Gasteiger partial charge is 0.151 e. The standard InChI is InChI=1S/C12H28N2O2S/c1-6-8-17(15,16)9-7-13-12(11(2)3)10-14(4)5/h11-13H,6-10H2,1-5H3. The van der Waals surface area contributed by atoms with Gasteiger partial charge in [0.15, 0.2) is 9.84 Å². The Labute approximate surface area is 107 Å². The Hall–Kier alpha value is -0.130. The summed E-state index contributed by atoms with van der Waals surface area (Å²) >= 11 is 0. The number of nitrogens with zero attached hydrogens (tertiary/aromatic N) is 1. The van der Waals surface area contributed by atoms with E-state index in [1.165, 1.54) is 0 Å². The summed E-state index contributed by atoms with van der Waals surface area (Å²) in [5.74, 6) is 1.05. The van der Waals surface area contributed by atoms with E-state index in [0.29, 0.717) is 30.7 Å². The van der Waals surface area contributed by atoms with Crippen molar-refractivity contribution in [3.8, 4) is 0 Å². The summed E-state index contributed by atoms with van der Waals surface area (Å²) in [7, 11) is 1.21. The Morgan fingerprint density at radius 1 is 1.18 bits per heavy atom. The van der Waals surface area contributed by atoms with E-state index in [9.17, 15) is 8.42 Å². The van der Waals surface area contributed by atoms with E-state index in [-0.39, 0.29) is 5.75 Å². The van der Waals surface area contributed by atoms with Crippen molar-refractivity contribution in [1.29, 1.82) is 0 Å². The van der Waals surface area contributed by atoms with Gasteiger partial charge >= 0.3 is 0 Å². The predicted octanol–water partition coefficient (Wildman–Crippen LogP) is 0.987. The first-order chi connectivity index (χ1) is 7.78.